The minimum atomic E-state index is -0.560. The molecule has 3 N–H and O–H groups in total. The van der Waals surface area contributed by atoms with Crippen LogP contribution in [-0.4, -0.2) is 24.7 Å². The van der Waals surface area contributed by atoms with Crippen LogP contribution in [0.1, 0.15) is 18.4 Å². The summed E-state index contributed by atoms with van der Waals surface area (Å²) in [4.78, 5) is 11.0. The minimum absolute atomic E-state index is 0.0213. The first-order valence-electron chi connectivity index (χ1n) is 5.99. The molecule has 5 nitrogen and oxygen atoms in total. The minimum Gasteiger partial charge on any atom is -0.381 e. The van der Waals surface area contributed by atoms with Gasteiger partial charge in [0.15, 0.2) is 0 Å². The number of nitrogens with zero attached hydrogens (tertiary/aromatic N) is 1. The second-order valence-corrected chi connectivity index (χ2v) is 4.38. The van der Waals surface area contributed by atoms with E-state index in [1.54, 1.807) is 6.07 Å². The zero-order valence-corrected chi connectivity index (χ0v) is 10.2. The summed E-state index contributed by atoms with van der Waals surface area (Å²) in [6.07, 6.45) is 0.593. The number of hydrogen-bond donors (Lipinski definition) is 2. The Morgan fingerprint density at radius 3 is 3.00 bits per heavy atom. The Bertz CT molecular complexity index is 527. The van der Waals surface area contributed by atoms with Crippen LogP contribution in [0.25, 0.3) is 0 Å². The van der Waals surface area contributed by atoms with Gasteiger partial charge in [0.05, 0.1) is 11.8 Å². The second kappa shape index (κ2) is 5.67. The third-order valence-corrected chi connectivity index (χ3v) is 3.07. The van der Waals surface area contributed by atoms with E-state index in [1.165, 1.54) is 12.1 Å². The largest absolute Gasteiger partial charge is 0.381 e. The van der Waals surface area contributed by atoms with E-state index >= 15 is 0 Å². The number of carbonyl (C=O) groups excluding carboxylic acids is 1. The van der Waals surface area contributed by atoms with Crippen LogP contribution in [0.15, 0.2) is 18.2 Å². The van der Waals surface area contributed by atoms with Gasteiger partial charge in [-0.25, -0.2) is 4.39 Å². The van der Waals surface area contributed by atoms with Gasteiger partial charge < -0.3 is 15.8 Å². The number of nitrogens with two attached hydrogens (primary N) is 1. The number of nitrogens with one attached hydrogen (secondary N) is 1. The van der Waals surface area contributed by atoms with Gasteiger partial charge in [-0.1, -0.05) is 6.07 Å². The molecule has 1 aliphatic heterocycles. The molecule has 100 valence electrons. The highest BCUT2D eigenvalue weighted by Crippen LogP contribution is 2.22. The Hall–Kier alpha value is -2.13. The van der Waals surface area contributed by atoms with Crippen molar-refractivity contribution in [1.82, 2.24) is 0 Å². The second-order valence-electron chi connectivity index (χ2n) is 4.38. The van der Waals surface area contributed by atoms with E-state index in [0.29, 0.717) is 25.1 Å². The van der Waals surface area contributed by atoms with Crippen molar-refractivity contribution in [3.05, 3.63) is 29.6 Å². The van der Waals surface area contributed by atoms with Crippen molar-refractivity contribution in [3.63, 3.8) is 0 Å². The third-order valence-electron chi connectivity index (χ3n) is 3.07. The van der Waals surface area contributed by atoms with Gasteiger partial charge in [-0.3, -0.25) is 4.79 Å². The summed E-state index contributed by atoms with van der Waals surface area (Å²) < 4.78 is 18.8. The Balaban J connectivity index is 1.96. The van der Waals surface area contributed by atoms with Gasteiger partial charge in [-0.15, -0.1) is 0 Å². The molecule has 0 saturated carbocycles. The molecule has 6 heteroatoms. The van der Waals surface area contributed by atoms with Crippen molar-refractivity contribution in [2.75, 3.05) is 11.9 Å². The molecule has 1 aromatic carbocycles. The van der Waals surface area contributed by atoms with Gasteiger partial charge in [0.1, 0.15) is 23.6 Å². The first-order valence-corrected chi connectivity index (χ1v) is 5.99. The van der Waals surface area contributed by atoms with Crippen molar-refractivity contribution < 1.29 is 13.9 Å². The molecule has 1 saturated heterocycles. The number of rotatable bonds is 4. The summed E-state index contributed by atoms with van der Waals surface area (Å²) in [6.45, 7) is 0.405. The maximum absolute atomic E-state index is 13.4. The maximum atomic E-state index is 13.4. The Labute approximate surface area is 110 Å². The predicted octanol–water partition coefficient (Wildman–Crippen LogP) is 1.14. The molecule has 1 aromatic rings. The zero-order chi connectivity index (χ0) is 13.8. The number of amides is 1. The molecule has 0 bridgehead atoms. The van der Waals surface area contributed by atoms with Gasteiger partial charge in [0, 0.05) is 6.54 Å². The molecule has 2 unspecified atom stereocenters. The van der Waals surface area contributed by atoms with E-state index in [4.69, 9.17) is 15.7 Å². The molecule has 1 aliphatic rings. The van der Waals surface area contributed by atoms with Crippen molar-refractivity contribution in [3.8, 4) is 6.07 Å². The fourth-order valence-electron chi connectivity index (χ4n) is 2.07. The van der Waals surface area contributed by atoms with Gasteiger partial charge >= 0.3 is 0 Å². The maximum Gasteiger partial charge on any atom is 0.246 e. The van der Waals surface area contributed by atoms with Gasteiger partial charge in [0.25, 0.3) is 0 Å². The molecule has 2 rings (SSSR count). The van der Waals surface area contributed by atoms with E-state index in [0.717, 1.165) is 0 Å². The van der Waals surface area contributed by atoms with E-state index in [-0.39, 0.29) is 11.7 Å². The quantitative estimate of drug-likeness (QED) is 0.852. The highest BCUT2D eigenvalue weighted by molar-refractivity contribution is 5.79. The molecule has 1 amide bonds. The number of hydrogen-bond acceptors (Lipinski definition) is 4. The fraction of sp³-hybridized carbons (Fsp3) is 0.385. The Morgan fingerprint density at radius 1 is 1.58 bits per heavy atom. The average Bonchev–Trinajstić information content (AvgIpc) is 2.85. The number of carbonyl (C=O) groups is 1. The van der Waals surface area contributed by atoms with Crippen LogP contribution in [0.3, 0.4) is 0 Å². The van der Waals surface area contributed by atoms with Crippen molar-refractivity contribution in [1.29, 1.82) is 5.26 Å². The summed E-state index contributed by atoms with van der Waals surface area (Å²) in [5.41, 5.74) is 5.56. The van der Waals surface area contributed by atoms with Crippen LogP contribution in [0, 0.1) is 17.1 Å². The van der Waals surface area contributed by atoms with Gasteiger partial charge in [-0.05, 0) is 25.0 Å². The molecule has 0 radical (unpaired) electrons. The Morgan fingerprint density at radius 2 is 2.37 bits per heavy atom. The zero-order valence-electron chi connectivity index (χ0n) is 10.2. The SMILES string of the molecule is N#Cc1c(F)cccc1NCC1CCC(C(N)=O)O1. The molecule has 0 aliphatic carbocycles. The predicted molar refractivity (Wildman–Crippen MR) is 66.7 cm³/mol. The monoisotopic (exact) mass is 263 g/mol. The lowest BCUT2D eigenvalue weighted by molar-refractivity contribution is -0.128. The smallest absolute Gasteiger partial charge is 0.246 e. The van der Waals surface area contributed by atoms with Crippen LogP contribution in [0.5, 0.6) is 0 Å². The van der Waals surface area contributed by atoms with E-state index in [1.807, 2.05) is 6.07 Å². The van der Waals surface area contributed by atoms with Crippen LogP contribution in [0.2, 0.25) is 0 Å². The number of ether oxygens (including phenoxy) is 1. The van der Waals surface area contributed by atoms with Crippen LogP contribution in [0.4, 0.5) is 10.1 Å². The van der Waals surface area contributed by atoms with Crippen molar-refractivity contribution in [2.24, 2.45) is 5.73 Å². The summed E-state index contributed by atoms with van der Waals surface area (Å²) >= 11 is 0. The molecule has 0 aromatic heterocycles. The number of halogens is 1. The third kappa shape index (κ3) is 3.01. The fourth-order valence-corrected chi connectivity index (χ4v) is 2.07. The molecule has 1 fully saturated rings. The molecular formula is C13H14FN3O2. The van der Waals surface area contributed by atoms with Crippen LogP contribution in [-0.2, 0) is 9.53 Å². The van der Waals surface area contributed by atoms with E-state index in [9.17, 15) is 9.18 Å². The van der Waals surface area contributed by atoms with Crippen molar-refractivity contribution in [2.45, 2.75) is 25.0 Å². The van der Waals surface area contributed by atoms with Crippen LogP contribution < -0.4 is 11.1 Å². The number of primary amides is 1. The first-order chi connectivity index (χ1) is 9.11. The molecular weight excluding hydrogens is 249 g/mol. The molecule has 2 atom stereocenters. The highest BCUT2D eigenvalue weighted by atomic mass is 19.1. The average molecular weight is 263 g/mol. The highest BCUT2D eigenvalue weighted by Gasteiger charge is 2.28. The molecule has 1 heterocycles. The van der Waals surface area contributed by atoms with E-state index in [2.05, 4.69) is 5.32 Å². The summed E-state index contributed by atoms with van der Waals surface area (Å²) in [7, 11) is 0. The van der Waals surface area contributed by atoms with E-state index < -0.39 is 17.8 Å². The summed E-state index contributed by atoms with van der Waals surface area (Å²) in [5, 5.41) is 11.9. The Kier molecular flexibility index (Phi) is 3.97. The topological polar surface area (TPSA) is 88.1 Å². The lowest BCUT2D eigenvalue weighted by Gasteiger charge is -2.14. The number of anilines is 1. The normalized spacial score (nSPS) is 21.9. The standard InChI is InChI=1S/C13H14FN3O2/c14-10-2-1-3-11(9(10)6-15)17-7-8-4-5-12(19-8)13(16)18/h1-3,8,12,17H,4-5,7H2,(H2,16,18). The summed E-state index contributed by atoms with van der Waals surface area (Å²) in [6, 6.07) is 6.20. The van der Waals surface area contributed by atoms with Gasteiger partial charge in [-0.2, -0.15) is 5.26 Å². The lowest BCUT2D eigenvalue weighted by atomic mass is 10.1. The van der Waals surface area contributed by atoms with Crippen LogP contribution >= 0.6 is 0 Å². The first kappa shape index (κ1) is 13.3. The number of benzene rings is 1. The van der Waals surface area contributed by atoms with Crippen molar-refractivity contribution >= 4 is 11.6 Å². The molecule has 19 heavy (non-hydrogen) atoms. The lowest BCUT2D eigenvalue weighted by Crippen LogP contribution is -2.30. The molecule has 0 spiro atoms. The van der Waals surface area contributed by atoms with Gasteiger partial charge in [0.2, 0.25) is 5.91 Å². The number of nitriles is 1. The summed E-state index contributed by atoms with van der Waals surface area (Å²) in [5.74, 6) is -1.03.